The van der Waals surface area contributed by atoms with Gasteiger partial charge in [0, 0.05) is 44.3 Å². The molecule has 1 fully saturated rings. The second kappa shape index (κ2) is 6.37. The maximum Gasteiger partial charge on any atom is 0.255 e. The van der Waals surface area contributed by atoms with Crippen LogP contribution in [0.25, 0.3) is 0 Å². The fraction of sp³-hybridized carbons (Fsp3) is 0.438. The van der Waals surface area contributed by atoms with Crippen molar-refractivity contribution in [1.82, 2.24) is 24.8 Å². The third kappa shape index (κ3) is 3.05. The third-order valence-electron chi connectivity index (χ3n) is 4.38. The number of H-pyrrole nitrogens is 2. The summed E-state index contributed by atoms with van der Waals surface area (Å²) in [6.45, 7) is 6.86. The summed E-state index contributed by atoms with van der Waals surface area (Å²) in [4.78, 5) is 38.4. The van der Waals surface area contributed by atoms with Gasteiger partial charge in [0.2, 0.25) is 5.56 Å². The number of aryl methyl sites for hydroxylation is 1. The van der Waals surface area contributed by atoms with Gasteiger partial charge >= 0.3 is 0 Å². The molecule has 0 aromatic carbocycles. The fourth-order valence-electron chi connectivity index (χ4n) is 3.08. The number of nitrogens with one attached hydrogen (secondary N) is 2. The second-order valence-electron chi connectivity index (χ2n) is 5.76. The molecule has 122 valence electrons. The first-order chi connectivity index (χ1) is 11.1. The zero-order valence-corrected chi connectivity index (χ0v) is 13.4. The molecule has 1 aliphatic heterocycles. The first-order valence-electron chi connectivity index (χ1n) is 7.82. The Bertz CT molecular complexity index is 737. The molecule has 0 spiro atoms. The summed E-state index contributed by atoms with van der Waals surface area (Å²) in [6, 6.07) is 1.52. The van der Waals surface area contributed by atoms with E-state index in [9.17, 15) is 9.59 Å². The van der Waals surface area contributed by atoms with Gasteiger partial charge in [-0.2, -0.15) is 0 Å². The molecule has 3 heterocycles. The van der Waals surface area contributed by atoms with Crippen molar-refractivity contribution in [3.63, 3.8) is 0 Å². The number of piperazine rings is 1. The van der Waals surface area contributed by atoms with Crippen molar-refractivity contribution in [3.05, 3.63) is 52.0 Å². The molecule has 1 saturated heterocycles. The minimum Gasteiger partial charge on any atom is -0.347 e. The largest absolute Gasteiger partial charge is 0.347 e. The highest BCUT2D eigenvalue weighted by Crippen LogP contribution is 2.23. The van der Waals surface area contributed by atoms with E-state index in [1.165, 1.54) is 12.3 Å². The van der Waals surface area contributed by atoms with Crippen LogP contribution in [0.15, 0.2) is 29.5 Å². The van der Waals surface area contributed by atoms with Gasteiger partial charge in [0.1, 0.15) is 5.82 Å². The van der Waals surface area contributed by atoms with Gasteiger partial charge in [0.05, 0.1) is 11.6 Å². The highest BCUT2D eigenvalue weighted by atomic mass is 16.2. The van der Waals surface area contributed by atoms with Crippen molar-refractivity contribution in [2.45, 2.75) is 19.9 Å². The Morgan fingerprint density at radius 1 is 1.39 bits per heavy atom. The predicted octanol–water partition coefficient (Wildman–Crippen LogP) is 0.925. The van der Waals surface area contributed by atoms with E-state index in [-0.39, 0.29) is 17.5 Å². The smallest absolute Gasteiger partial charge is 0.255 e. The standard InChI is InChI=1S/C16H21N5O2/c1-3-20-6-7-21(10-13(20)15-17-4-5-18-15)16(23)12-9-19-14(22)8-11(12)2/h4-5,8-9,13H,3,6-7,10H2,1-2H3,(H,17,18)(H,19,22)/t13-/m1/s1. The maximum atomic E-state index is 12.8. The Labute approximate surface area is 134 Å². The number of carbonyl (C=O) groups is 1. The zero-order chi connectivity index (χ0) is 16.4. The minimum atomic E-state index is -0.191. The molecule has 2 aromatic rings. The van der Waals surface area contributed by atoms with Gasteiger partial charge in [-0.1, -0.05) is 6.92 Å². The van der Waals surface area contributed by atoms with Crippen molar-refractivity contribution >= 4 is 5.91 Å². The van der Waals surface area contributed by atoms with Gasteiger partial charge in [-0.05, 0) is 19.0 Å². The molecule has 1 amide bonds. The topological polar surface area (TPSA) is 85.1 Å². The average molecular weight is 315 g/mol. The van der Waals surface area contributed by atoms with Crippen LogP contribution in [-0.2, 0) is 0 Å². The number of likely N-dealkylation sites (N-methyl/N-ethyl adjacent to an activating group) is 1. The number of pyridine rings is 1. The van der Waals surface area contributed by atoms with E-state index in [0.29, 0.717) is 24.2 Å². The van der Waals surface area contributed by atoms with Gasteiger partial charge in [-0.15, -0.1) is 0 Å². The average Bonchev–Trinajstić information content (AvgIpc) is 3.08. The summed E-state index contributed by atoms with van der Waals surface area (Å²) < 4.78 is 0. The van der Waals surface area contributed by atoms with Crippen molar-refractivity contribution in [2.75, 3.05) is 26.2 Å². The molecule has 1 atom stereocenters. The molecule has 0 unspecified atom stereocenters. The van der Waals surface area contributed by atoms with Crippen LogP contribution >= 0.6 is 0 Å². The van der Waals surface area contributed by atoms with Crippen molar-refractivity contribution in [2.24, 2.45) is 0 Å². The number of hydrogen-bond donors (Lipinski definition) is 2. The molecule has 0 aliphatic carbocycles. The molecule has 2 aromatic heterocycles. The zero-order valence-electron chi connectivity index (χ0n) is 13.4. The van der Waals surface area contributed by atoms with Gasteiger partial charge in [-0.3, -0.25) is 14.5 Å². The Hall–Kier alpha value is -2.41. The van der Waals surface area contributed by atoms with Gasteiger partial charge in [0.15, 0.2) is 0 Å². The third-order valence-corrected chi connectivity index (χ3v) is 4.38. The summed E-state index contributed by atoms with van der Waals surface area (Å²) >= 11 is 0. The fourth-order valence-corrected chi connectivity index (χ4v) is 3.08. The minimum absolute atomic E-state index is 0.0499. The molecule has 0 bridgehead atoms. The Morgan fingerprint density at radius 3 is 2.87 bits per heavy atom. The van der Waals surface area contributed by atoms with Crippen LogP contribution in [0.2, 0.25) is 0 Å². The lowest BCUT2D eigenvalue weighted by Gasteiger charge is -2.40. The summed E-state index contributed by atoms with van der Waals surface area (Å²) in [7, 11) is 0. The van der Waals surface area contributed by atoms with E-state index >= 15 is 0 Å². The van der Waals surface area contributed by atoms with Crippen molar-refractivity contribution in [3.8, 4) is 0 Å². The summed E-state index contributed by atoms with van der Waals surface area (Å²) in [6.07, 6.45) is 5.04. The molecule has 7 nitrogen and oxygen atoms in total. The lowest BCUT2D eigenvalue weighted by molar-refractivity contribution is 0.0479. The van der Waals surface area contributed by atoms with E-state index in [0.717, 1.165) is 18.9 Å². The van der Waals surface area contributed by atoms with Crippen molar-refractivity contribution < 1.29 is 4.79 Å². The molecule has 2 N–H and O–H groups in total. The van der Waals surface area contributed by atoms with Gasteiger partial charge in [0.25, 0.3) is 5.91 Å². The van der Waals surface area contributed by atoms with Crippen LogP contribution < -0.4 is 5.56 Å². The van der Waals surface area contributed by atoms with E-state index in [2.05, 4.69) is 26.8 Å². The van der Waals surface area contributed by atoms with Crippen LogP contribution in [0, 0.1) is 6.92 Å². The monoisotopic (exact) mass is 315 g/mol. The summed E-state index contributed by atoms with van der Waals surface area (Å²) in [5, 5.41) is 0. The molecule has 0 saturated carbocycles. The van der Waals surface area contributed by atoms with E-state index in [1.807, 2.05) is 4.90 Å². The second-order valence-corrected chi connectivity index (χ2v) is 5.76. The number of rotatable bonds is 3. The van der Waals surface area contributed by atoms with Gasteiger partial charge in [-0.25, -0.2) is 4.98 Å². The number of carbonyl (C=O) groups excluding carboxylic acids is 1. The molecular weight excluding hydrogens is 294 g/mol. The molecule has 7 heteroatoms. The van der Waals surface area contributed by atoms with Crippen LogP contribution in [0.1, 0.15) is 34.7 Å². The first kappa shape index (κ1) is 15.5. The SMILES string of the molecule is CCN1CCN(C(=O)c2c[nH]c(=O)cc2C)C[C@@H]1c1ncc[nH]1. The van der Waals surface area contributed by atoms with Crippen LogP contribution in [-0.4, -0.2) is 56.8 Å². The van der Waals surface area contributed by atoms with Crippen LogP contribution in [0.4, 0.5) is 0 Å². The quantitative estimate of drug-likeness (QED) is 0.882. The molecule has 23 heavy (non-hydrogen) atoms. The number of hydrogen-bond acceptors (Lipinski definition) is 4. The number of nitrogens with zero attached hydrogens (tertiary/aromatic N) is 3. The molecule has 0 radical (unpaired) electrons. The maximum absolute atomic E-state index is 12.8. The highest BCUT2D eigenvalue weighted by Gasteiger charge is 2.32. The van der Waals surface area contributed by atoms with Crippen molar-refractivity contribution in [1.29, 1.82) is 0 Å². The first-order valence-corrected chi connectivity index (χ1v) is 7.82. The summed E-state index contributed by atoms with van der Waals surface area (Å²) in [5.74, 6) is 0.827. The number of imidazole rings is 1. The van der Waals surface area contributed by atoms with Crippen LogP contribution in [0.3, 0.4) is 0 Å². The van der Waals surface area contributed by atoms with Gasteiger partial charge < -0.3 is 14.9 Å². The molecule has 3 rings (SSSR count). The van der Waals surface area contributed by atoms with E-state index in [1.54, 1.807) is 19.3 Å². The highest BCUT2D eigenvalue weighted by molar-refractivity contribution is 5.95. The number of aromatic nitrogens is 3. The lowest BCUT2D eigenvalue weighted by atomic mass is 10.1. The summed E-state index contributed by atoms with van der Waals surface area (Å²) in [5.41, 5.74) is 1.06. The Balaban J connectivity index is 1.83. The van der Waals surface area contributed by atoms with Crippen LogP contribution in [0.5, 0.6) is 0 Å². The number of aromatic amines is 2. The Morgan fingerprint density at radius 2 is 2.22 bits per heavy atom. The molecule has 1 aliphatic rings. The number of amides is 1. The Kier molecular flexibility index (Phi) is 4.29. The normalized spacial score (nSPS) is 19.0. The molecular formula is C16H21N5O2. The lowest BCUT2D eigenvalue weighted by Crippen LogP contribution is -2.50. The predicted molar refractivity (Wildman–Crippen MR) is 86.3 cm³/mol. The van der Waals surface area contributed by atoms with E-state index < -0.39 is 0 Å². The van der Waals surface area contributed by atoms with E-state index in [4.69, 9.17) is 0 Å².